The fraction of sp³-hybridized carbons (Fsp3) is 0.625. The fourth-order valence-corrected chi connectivity index (χ4v) is 6.46. The van der Waals surface area contributed by atoms with Gasteiger partial charge in [-0.2, -0.15) is 0 Å². The lowest BCUT2D eigenvalue weighted by Crippen LogP contribution is -2.29. The number of carbonyl (C=O) groups excluding carboxylic acids is 1. The summed E-state index contributed by atoms with van der Waals surface area (Å²) in [6.45, 7) is 15.1. The number of thiophene rings is 1. The molecule has 0 spiro atoms. The van der Waals surface area contributed by atoms with Gasteiger partial charge in [-0.05, 0) is 91.6 Å². The van der Waals surface area contributed by atoms with Gasteiger partial charge in [-0.15, -0.1) is 11.3 Å². The number of unbranched alkanes of at least 4 members (excludes halogenated alkanes) is 1. The third-order valence-electron chi connectivity index (χ3n) is 8.41. The monoisotopic (exact) mass is 572 g/mol. The Morgan fingerprint density at radius 2 is 1.74 bits per heavy atom. The zero-order valence-corrected chi connectivity index (χ0v) is 26.7. The van der Waals surface area contributed by atoms with Gasteiger partial charge in [0.25, 0.3) is 0 Å². The summed E-state index contributed by atoms with van der Waals surface area (Å²) < 4.78 is 11.4. The molecule has 5 nitrogen and oxygen atoms in total. The minimum atomic E-state index is -0.284. The zero-order chi connectivity index (χ0) is 28.6. The molecule has 0 saturated carbocycles. The average molecular weight is 573 g/mol. The number of benzene rings is 1. The Morgan fingerprint density at radius 3 is 2.44 bits per heavy atom. The Bertz CT molecular complexity index is 1140. The van der Waals surface area contributed by atoms with Crippen LogP contribution in [0, 0.1) is 0 Å². The van der Waals surface area contributed by atoms with Crippen molar-refractivity contribution in [3.8, 4) is 5.75 Å². The van der Waals surface area contributed by atoms with Crippen LogP contribution < -0.4 is 15.4 Å². The molecule has 3 rings (SSSR count). The van der Waals surface area contributed by atoms with E-state index in [2.05, 4.69) is 70.4 Å². The van der Waals surface area contributed by atoms with Gasteiger partial charge in [0.05, 0.1) is 19.3 Å². The van der Waals surface area contributed by atoms with Gasteiger partial charge in [0.1, 0.15) is 10.8 Å². The summed E-state index contributed by atoms with van der Waals surface area (Å²) in [7, 11) is 1.44. The first-order chi connectivity index (χ1) is 18.5. The SMILES string of the molecule is CCC(C)(C)c1ccc(OCCCCNC(=S)Nc2sc3c(c2C(=O)OC)CCCCC3)c(C(C)(C)CC)c1. The van der Waals surface area contributed by atoms with Gasteiger partial charge in [-0.1, -0.05) is 60.1 Å². The van der Waals surface area contributed by atoms with Crippen molar-refractivity contribution in [3.63, 3.8) is 0 Å². The first kappa shape index (κ1) is 31.4. The van der Waals surface area contributed by atoms with Gasteiger partial charge in [-0.3, -0.25) is 0 Å². The number of rotatable bonds is 12. The maximum Gasteiger partial charge on any atom is 0.341 e. The van der Waals surface area contributed by atoms with Crippen LogP contribution in [0.1, 0.15) is 118 Å². The predicted octanol–water partition coefficient (Wildman–Crippen LogP) is 8.32. The number of methoxy groups -OCH3 is 1. The highest BCUT2D eigenvalue weighted by Crippen LogP contribution is 2.39. The van der Waals surface area contributed by atoms with Gasteiger partial charge in [-0.25, -0.2) is 4.79 Å². The summed E-state index contributed by atoms with van der Waals surface area (Å²) >= 11 is 7.21. The summed E-state index contributed by atoms with van der Waals surface area (Å²) in [5, 5.41) is 7.92. The lowest BCUT2D eigenvalue weighted by atomic mass is 9.76. The molecule has 0 atom stereocenters. The number of ether oxygens (including phenoxy) is 2. The highest BCUT2D eigenvalue weighted by Gasteiger charge is 2.27. The number of carbonyl (C=O) groups is 1. The van der Waals surface area contributed by atoms with Crippen LogP contribution in [0.25, 0.3) is 0 Å². The van der Waals surface area contributed by atoms with Crippen LogP contribution in [0.15, 0.2) is 18.2 Å². The van der Waals surface area contributed by atoms with Gasteiger partial charge >= 0.3 is 5.97 Å². The molecule has 0 radical (unpaired) electrons. The number of esters is 1. The van der Waals surface area contributed by atoms with Crippen molar-refractivity contribution in [3.05, 3.63) is 45.3 Å². The molecule has 0 saturated heterocycles. The first-order valence-electron chi connectivity index (χ1n) is 14.6. The van der Waals surface area contributed by atoms with Crippen LogP contribution >= 0.6 is 23.6 Å². The molecular weight excluding hydrogens is 524 g/mol. The van der Waals surface area contributed by atoms with Crippen LogP contribution in [-0.4, -0.2) is 31.3 Å². The van der Waals surface area contributed by atoms with E-state index in [0.717, 1.165) is 74.2 Å². The summed E-state index contributed by atoms with van der Waals surface area (Å²) in [4.78, 5) is 13.8. The van der Waals surface area contributed by atoms with E-state index in [0.29, 0.717) is 17.3 Å². The number of fused-ring (bicyclic) bond motifs is 1. The molecule has 216 valence electrons. The molecule has 0 amide bonds. The number of hydrogen-bond acceptors (Lipinski definition) is 5. The van der Waals surface area contributed by atoms with E-state index in [9.17, 15) is 4.79 Å². The van der Waals surface area contributed by atoms with Gasteiger partial charge in [0.2, 0.25) is 0 Å². The number of nitrogens with one attached hydrogen (secondary N) is 2. The number of thiocarbonyl (C=S) groups is 1. The summed E-state index contributed by atoms with van der Waals surface area (Å²) in [6.07, 6.45) is 9.42. The molecule has 1 heterocycles. The van der Waals surface area contributed by atoms with Crippen LogP contribution in [0.5, 0.6) is 5.75 Å². The third kappa shape index (κ3) is 7.97. The summed E-state index contributed by atoms with van der Waals surface area (Å²) in [6, 6.07) is 6.76. The Balaban J connectivity index is 1.53. The number of aryl methyl sites for hydroxylation is 1. The Labute approximate surface area is 245 Å². The average Bonchev–Trinajstić information content (AvgIpc) is 3.09. The van der Waals surface area contributed by atoms with E-state index in [1.54, 1.807) is 11.3 Å². The quantitative estimate of drug-likeness (QED) is 0.115. The normalized spacial score (nSPS) is 13.8. The van der Waals surface area contributed by atoms with Crippen LogP contribution in [0.2, 0.25) is 0 Å². The second kappa shape index (κ2) is 14.0. The van der Waals surface area contributed by atoms with Crippen molar-refractivity contribution >= 4 is 39.6 Å². The smallest absolute Gasteiger partial charge is 0.341 e. The maximum absolute atomic E-state index is 12.6. The molecule has 1 aliphatic carbocycles. The molecule has 0 unspecified atom stereocenters. The Kier molecular flexibility index (Phi) is 11.3. The van der Waals surface area contributed by atoms with E-state index >= 15 is 0 Å². The Morgan fingerprint density at radius 1 is 1.03 bits per heavy atom. The first-order valence-corrected chi connectivity index (χ1v) is 15.8. The van der Waals surface area contributed by atoms with Crippen LogP contribution in [-0.2, 0) is 28.4 Å². The van der Waals surface area contributed by atoms with E-state index in [1.165, 1.54) is 29.5 Å². The van der Waals surface area contributed by atoms with Crippen molar-refractivity contribution in [1.82, 2.24) is 5.32 Å². The van der Waals surface area contributed by atoms with Gasteiger partial charge < -0.3 is 20.1 Å². The zero-order valence-electron chi connectivity index (χ0n) is 25.1. The van der Waals surface area contributed by atoms with Crippen molar-refractivity contribution < 1.29 is 14.3 Å². The second-order valence-electron chi connectivity index (χ2n) is 11.9. The van der Waals surface area contributed by atoms with Gasteiger partial charge in [0, 0.05) is 17.0 Å². The topological polar surface area (TPSA) is 59.6 Å². The number of anilines is 1. The molecule has 2 N–H and O–H groups in total. The molecule has 7 heteroatoms. The van der Waals surface area contributed by atoms with Crippen LogP contribution in [0.3, 0.4) is 0 Å². The van der Waals surface area contributed by atoms with Crippen molar-refractivity contribution in [2.24, 2.45) is 0 Å². The summed E-state index contributed by atoms with van der Waals surface area (Å²) in [5.41, 5.74) is 4.67. The predicted molar refractivity (Wildman–Crippen MR) is 169 cm³/mol. The molecule has 1 aliphatic rings. The van der Waals surface area contributed by atoms with Crippen molar-refractivity contribution in [2.45, 2.75) is 110 Å². The van der Waals surface area contributed by atoms with Gasteiger partial charge in [0.15, 0.2) is 5.11 Å². The third-order valence-corrected chi connectivity index (χ3v) is 9.86. The molecule has 0 fully saturated rings. The molecular formula is C32H48N2O3S2. The van der Waals surface area contributed by atoms with Crippen molar-refractivity contribution in [2.75, 3.05) is 25.6 Å². The molecule has 1 aromatic carbocycles. The fourth-order valence-electron chi connectivity index (χ4n) is 4.91. The minimum Gasteiger partial charge on any atom is -0.493 e. The van der Waals surface area contributed by atoms with Crippen LogP contribution in [0.4, 0.5) is 5.00 Å². The van der Waals surface area contributed by atoms with E-state index < -0.39 is 0 Å². The minimum absolute atomic E-state index is 0.0533. The van der Waals surface area contributed by atoms with E-state index in [4.69, 9.17) is 21.7 Å². The van der Waals surface area contributed by atoms with Crippen molar-refractivity contribution in [1.29, 1.82) is 0 Å². The van der Waals surface area contributed by atoms with E-state index in [1.807, 2.05) is 0 Å². The highest BCUT2D eigenvalue weighted by molar-refractivity contribution is 7.80. The molecule has 2 aromatic rings. The second-order valence-corrected chi connectivity index (χ2v) is 13.4. The largest absolute Gasteiger partial charge is 0.493 e. The molecule has 0 aliphatic heterocycles. The lowest BCUT2D eigenvalue weighted by Gasteiger charge is -2.30. The molecule has 0 bridgehead atoms. The maximum atomic E-state index is 12.6. The lowest BCUT2D eigenvalue weighted by molar-refractivity contribution is 0.0601. The van der Waals surface area contributed by atoms with E-state index in [-0.39, 0.29) is 16.8 Å². The molecule has 39 heavy (non-hydrogen) atoms. The molecule has 1 aromatic heterocycles. The standard InChI is InChI=1S/C32H48N2O3S2/c1-8-31(3,4)22-17-18-25(24(21-22)32(5,6)9-2)37-20-14-13-19-33-30(38)34-28-27(29(35)36-7)23-15-11-10-12-16-26(23)39-28/h17-18,21H,8-16,19-20H2,1-7H3,(H2,33,34,38). The summed E-state index contributed by atoms with van der Waals surface area (Å²) in [5.74, 6) is 0.712. The Hall–Kier alpha value is -2.12. The number of hydrogen-bond donors (Lipinski definition) is 2. The highest BCUT2D eigenvalue weighted by atomic mass is 32.1.